The molecule has 106 valence electrons. The summed E-state index contributed by atoms with van der Waals surface area (Å²) >= 11 is 2.13. The summed E-state index contributed by atoms with van der Waals surface area (Å²) in [6.45, 7) is 12.1. The molecular formula is C14H29N3S. The summed E-state index contributed by atoms with van der Waals surface area (Å²) in [4.78, 5) is 5.18. The lowest BCUT2D eigenvalue weighted by atomic mass is 9.87. The highest BCUT2D eigenvalue weighted by molar-refractivity contribution is 7.99. The van der Waals surface area contributed by atoms with Crippen LogP contribution in [0, 0.1) is 5.41 Å². The highest BCUT2D eigenvalue weighted by Crippen LogP contribution is 2.35. The van der Waals surface area contributed by atoms with Crippen LogP contribution in [0.4, 0.5) is 0 Å². The van der Waals surface area contributed by atoms with E-state index in [0.29, 0.717) is 5.41 Å². The minimum atomic E-state index is 0.525. The third-order valence-corrected chi connectivity index (χ3v) is 5.80. The van der Waals surface area contributed by atoms with Gasteiger partial charge in [0.2, 0.25) is 0 Å². The second-order valence-corrected chi connectivity index (χ2v) is 7.64. The van der Waals surface area contributed by atoms with Crippen molar-refractivity contribution in [3.8, 4) is 0 Å². The molecule has 18 heavy (non-hydrogen) atoms. The molecule has 3 nitrogen and oxygen atoms in total. The molecule has 4 heteroatoms. The van der Waals surface area contributed by atoms with Crippen LogP contribution in [0.2, 0.25) is 0 Å². The van der Waals surface area contributed by atoms with Crippen LogP contribution in [0.15, 0.2) is 0 Å². The van der Waals surface area contributed by atoms with E-state index in [1.54, 1.807) is 0 Å². The molecule has 0 aromatic rings. The Morgan fingerprint density at radius 2 is 2.06 bits per heavy atom. The maximum atomic E-state index is 3.42. The van der Waals surface area contributed by atoms with Crippen molar-refractivity contribution in [2.45, 2.75) is 26.3 Å². The Bertz CT molecular complexity index is 251. The van der Waals surface area contributed by atoms with Gasteiger partial charge in [-0.05, 0) is 24.6 Å². The molecular weight excluding hydrogens is 242 g/mol. The van der Waals surface area contributed by atoms with Gasteiger partial charge in [0.05, 0.1) is 0 Å². The van der Waals surface area contributed by atoms with Crippen molar-refractivity contribution in [3.05, 3.63) is 0 Å². The Hall–Kier alpha value is 0.230. The molecule has 1 atom stereocenters. The van der Waals surface area contributed by atoms with Crippen molar-refractivity contribution in [2.24, 2.45) is 5.41 Å². The lowest BCUT2D eigenvalue weighted by Gasteiger charge is -2.40. The highest BCUT2D eigenvalue weighted by atomic mass is 32.2. The van der Waals surface area contributed by atoms with Gasteiger partial charge in [0, 0.05) is 51.1 Å². The molecule has 0 aromatic carbocycles. The van der Waals surface area contributed by atoms with E-state index in [-0.39, 0.29) is 0 Å². The molecule has 0 bridgehead atoms. The van der Waals surface area contributed by atoms with Gasteiger partial charge in [-0.1, -0.05) is 13.8 Å². The Balaban J connectivity index is 1.71. The Labute approximate surface area is 117 Å². The monoisotopic (exact) mass is 271 g/mol. The maximum Gasteiger partial charge on any atom is 0.0189 e. The lowest BCUT2D eigenvalue weighted by molar-refractivity contribution is 0.156. The van der Waals surface area contributed by atoms with Crippen LogP contribution in [-0.2, 0) is 0 Å². The van der Waals surface area contributed by atoms with Crippen LogP contribution in [-0.4, -0.2) is 73.7 Å². The first kappa shape index (κ1) is 14.6. The van der Waals surface area contributed by atoms with Gasteiger partial charge >= 0.3 is 0 Å². The summed E-state index contributed by atoms with van der Waals surface area (Å²) < 4.78 is 0. The van der Waals surface area contributed by atoms with Crippen LogP contribution in [0.3, 0.4) is 0 Å². The van der Waals surface area contributed by atoms with Gasteiger partial charge in [0.15, 0.2) is 0 Å². The molecule has 0 saturated carbocycles. The zero-order valence-electron chi connectivity index (χ0n) is 12.2. The Kier molecular flexibility index (Phi) is 5.36. The van der Waals surface area contributed by atoms with E-state index >= 15 is 0 Å². The summed E-state index contributed by atoms with van der Waals surface area (Å²) in [5, 5.41) is 3.42. The maximum absolute atomic E-state index is 3.42. The number of likely N-dealkylation sites (N-methyl/N-ethyl adjacent to an activating group) is 1. The third-order valence-electron chi connectivity index (χ3n) is 4.19. The number of hydrogen-bond acceptors (Lipinski definition) is 4. The summed E-state index contributed by atoms with van der Waals surface area (Å²) in [5.74, 6) is 2.65. The Morgan fingerprint density at radius 3 is 2.72 bits per heavy atom. The van der Waals surface area contributed by atoms with E-state index in [1.807, 2.05) is 0 Å². The van der Waals surface area contributed by atoms with Crippen molar-refractivity contribution in [1.82, 2.24) is 15.1 Å². The van der Waals surface area contributed by atoms with E-state index in [0.717, 1.165) is 19.1 Å². The van der Waals surface area contributed by atoms with Crippen molar-refractivity contribution < 1.29 is 0 Å². The molecule has 0 amide bonds. The molecule has 2 heterocycles. The van der Waals surface area contributed by atoms with Gasteiger partial charge in [0.1, 0.15) is 0 Å². The van der Waals surface area contributed by atoms with Crippen LogP contribution in [0.5, 0.6) is 0 Å². The molecule has 1 N–H and O–H groups in total. The van der Waals surface area contributed by atoms with Crippen LogP contribution >= 0.6 is 11.8 Å². The highest BCUT2D eigenvalue weighted by Gasteiger charge is 2.30. The van der Waals surface area contributed by atoms with Crippen LogP contribution in [0.1, 0.15) is 20.3 Å². The van der Waals surface area contributed by atoms with Gasteiger partial charge in [-0.25, -0.2) is 0 Å². The first-order chi connectivity index (χ1) is 8.57. The second kappa shape index (κ2) is 6.60. The van der Waals surface area contributed by atoms with E-state index in [1.165, 1.54) is 44.1 Å². The number of hydrogen-bond donors (Lipinski definition) is 1. The topological polar surface area (TPSA) is 18.5 Å². The zero-order valence-corrected chi connectivity index (χ0v) is 13.1. The van der Waals surface area contributed by atoms with E-state index in [9.17, 15) is 0 Å². The van der Waals surface area contributed by atoms with Crippen molar-refractivity contribution >= 4 is 11.8 Å². The number of thioether (sulfide) groups is 1. The molecule has 2 aliphatic rings. The van der Waals surface area contributed by atoms with Crippen molar-refractivity contribution in [1.29, 1.82) is 0 Å². The SMILES string of the molecule is CN(CCN1CCNCC1)C1CSCC(C)(C)C1. The first-order valence-corrected chi connectivity index (χ1v) is 8.43. The minimum absolute atomic E-state index is 0.525. The predicted octanol–water partition coefficient (Wildman–Crippen LogP) is 1.36. The van der Waals surface area contributed by atoms with Crippen molar-refractivity contribution in [3.63, 3.8) is 0 Å². The summed E-state index contributed by atoms with van der Waals surface area (Å²) in [6.07, 6.45) is 1.36. The fourth-order valence-corrected chi connectivity index (χ4v) is 4.36. The number of nitrogens with zero attached hydrogens (tertiary/aromatic N) is 2. The van der Waals surface area contributed by atoms with E-state index in [4.69, 9.17) is 0 Å². The molecule has 2 fully saturated rings. The van der Waals surface area contributed by atoms with Crippen LogP contribution < -0.4 is 5.32 Å². The summed E-state index contributed by atoms with van der Waals surface area (Å²) in [6, 6.07) is 0.779. The summed E-state index contributed by atoms with van der Waals surface area (Å²) in [5.41, 5.74) is 0.525. The molecule has 2 aliphatic heterocycles. The van der Waals surface area contributed by atoms with Gasteiger partial charge < -0.3 is 10.2 Å². The van der Waals surface area contributed by atoms with Gasteiger partial charge in [-0.2, -0.15) is 11.8 Å². The smallest absolute Gasteiger partial charge is 0.0189 e. The fourth-order valence-electron chi connectivity index (χ4n) is 2.93. The van der Waals surface area contributed by atoms with Gasteiger partial charge in [-0.3, -0.25) is 4.90 Å². The first-order valence-electron chi connectivity index (χ1n) is 7.28. The normalized spacial score (nSPS) is 29.7. The fraction of sp³-hybridized carbons (Fsp3) is 1.00. The average molecular weight is 271 g/mol. The third kappa shape index (κ3) is 4.41. The minimum Gasteiger partial charge on any atom is -0.314 e. The number of rotatable bonds is 4. The lowest BCUT2D eigenvalue weighted by Crippen LogP contribution is -2.48. The van der Waals surface area contributed by atoms with Gasteiger partial charge in [-0.15, -0.1) is 0 Å². The predicted molar refractivity (Wildman–Crippen MR) is 81.5 cm³/mol. The number of nitrogens with one attached hydrogen (secondary N) is 1. The number of piperazine rings is 1. The molecule has 0 aliphatic carbocycles. The van der Waals surface area contributed by atoms with Crippen molar-refractivity contribution in [2.75, 3.05) is 57.8 Å². The molecule has 2 saturated heterocycles. The summed E-state index contributed by atoms with van der Waals surface area (Å²) in [7, 11) is 2.31. The van der Waals surface area contributed by atoms with Crippen LogP contribution in [0.25, 0.3) is 0 Å². The Morgan fingerprint density at radius 1 is 1.33 bits per heavy atom. The zero-order chi connectivity index (χ0) is 13.0. The van der Waals surface area contributed by atoms with E-state index in [2.05, 4.69) is 47.8 Å². The largest absolute Gasteiger partial charge is 0.314 e. The second-order valence-electron chi connectivity index (χ2n) is 6.61. The average Bonchev–Trinajstić information content (AvgIpc) is 2.36. The quantitative estimate of drug-likeness (QED) is 0.832. The molecule has 0 aromatic heterocycles. The molecule has 0 radical (unpaired) electrons. The molecule has 1 unspecified atom stereocenters. The standard InChI is InChI=1S/C14H29N3S/c1-14(2)10-13(11-18-12-14)16(3)8-9-17-6-4-15-5-7-17/h13,15H,4-12H2,1-3H3. The van der Waals surface area contributed by atoms with E-state index < -0.39 is 0 Å². The molecule has 2 rings (SSSR count). The molecule has 0 spiro atoms. The van der Waals surface area contributed by atoms with Gasteiger partial charge in [0.25, 0.3) is 0 Å².